The average molecular weight is 267 g/mol. The summed E-state index contributed by atoms with van der Waals surface area (Å²) >= 11 is 0. The van der Waals surface area contributed by atoms with Gasteiger partial charge < -0.3 is 4.74 Å². The molecule has 6 nitrogen and oxygen atoms in total. The Bertz CT molecular complexity index is 591. The number of anilines is 1. The van der Waals surface area contributed by atoms with Crippen LogP contribution in [-0.2, 0) is 21.4 Å². The van der Waals surface area contributed by atoms with Crippen LogP contribution in [-0.4, -0.2) is 25.7 Å². The van der Waals surface area contributed by atoms with Crippen LogP contribution in [0.1, 0.15) is 5.56 Å². The lowest BCUT2D eigenvalue weighted by Gasteiger charge is -2.06. The summed E-state index contributed by atoms with van der Waals surface area (Å²) in [5.41, 5.74) is 1.47. The minimum Gasteiger partial charge on any atom is -0.380 e. The number of sulfonamides is 1. The standard InChI is InChI=1S/C11H13N3O3S/c1-17-8-9-2-4-10(5-3-9)14-18(15,16)11-6-12-13-7-11/h2-7,14H,8H2,1H3,(H,12,13). The van der Waals surface area contributed by atoms with Crippen LogP contribution in [0.25, 0.3) is 0 Å². The molecule has 0 aliphatic heterocycles. The lowest BCUT2D eigenvalue weighted by atomic mass is 10.2. The number of aromatic amines is 1. The highest BCUT2D eigenvalue weighted by Crippen LogP contribution is 2.15. The Morgan fingerprint density at radius 1 is 1.33 bits per heavy atom. The Kier molecular flexibility index (Phi) is 3.63. The number of hydrogen-bond donors (Lipinski definition) is 2. The van der Waals surface area contributed by atoms with Gasteiger partial charge in [-0.15, -0.1) is 0 Å². The maximum atomic E-state index is 11.9. The second-order valence-corrected chi connectivity index (χ2v) is 5.35. The molecule has 0 radical (unpaired) electrons. The molecule has 0 amide bonds. The van der Waals surface area contributed by atoms with Crippen molar-refractivity contribution >= 4 is 15.7 Å². The van der Waals surface area contributed by atoms with Crippen molar-refractivity contribution in [2.45, 2.75) is 11.5 Å². The molecule has 0 fully saturated rings. The SMILES string of the molecule is COCc1ccc(NS(=O)(=O)c2cn[nH]c2)cc1. The van der Waals surface area contributed by atoms with Gasteiger partial charge in [-0.1, -0.05) is 12.1 Å². The summed E-state index contributed by atoms with van der Waals surface area (Å²) in [6, 6.07) is 6.98. The van der Waals surface area contributed by atoms with E-state index in [4.69, 9.17) is 4.74 Å². The third-order valence-corrected chi connectivity index (χ3v) is 3.65. The van der Waals surface area contributed by atoms with Crippen molar-refractivity contribution in [1.29, 1.82) is 0 Å². The molecule has 0 bridgehead atoms. The number of methoxy groups -OCH3 is 1. The third kappa shape index (κ3) is 2.88. The van der Waals surface area contributed by atoms with Crippen LogP contribution in [0, 0.1) is 0 Å². The van der Waals surface area contributed by atoms with Gasteiger partial charge in [-0.25, -0.2) is 8.42 Å². The number of H-pyrrole nitrogens is 1. The zero-order chi connectivity index (χ0) is 13.0. The van der Waals surface area contributed by atoms with E-state index in [1.807, 2.05) is 0 Å². The Morgan fingerprint density at radius 2 is 2.06 bits per heavy atom. The van der Waals surface area contributed by atoms with Gasteiger partial charge in [-0.3, -0.25) is 9.82 Å². The minimum atomic E-state index is -3.57. The van der Waals surface area contributed by atoms with Crippen molar-refractivity contribution in [3.63, 3.8) is 0 Å². The second kappa shape index (κ2) is 5.19. The van der Waals surface area contributed by atoms with Crippen molar-refractivity contribution in [3.8, 4) is 0 Å². The molecular formula is C11H13N3O3S. The first-order valence-corrected chi connectivity index (χ1v) is 6.69. The van der Waals surface area contributed by atoms with Gasteiger partial charge in [0.05, 0.1) is 12.8 Å². The highest BCUT2D eigenvalue weighted by Gasteiger charge is 2.14. The molecule has 0 aliphatic carbocycles. The summed E-state index contributed by atoms with van der Waals surface area (Å²) < 4.78 is 31.2. The van der Waals surface area contributed by atoms with Crippen LogP contribution < -0.4 is 4.72 Å². The molecule has 1 aromatic carbocycles. The predicted octanol–water partition coefficient (Wildman–Crippen LogP) is 1.36. The van der Waals surface area contributed by atoms with E-state index in [2.05, 4.69) is 14.9 Å². The Morgan fingerprint density at radius 3 is 2.61 bits per heavy atom. The van der Waals surface area contributed by atoms with Crippen molar-refractivity contribution in [2.75, 3.05) is 11.8 Å². The molecule has 18 heavy (non-hydrogen) atoms. The van der Waals surface area contributed by atoms with Gasteiger partial charge >= 0.3 is 0 Å². The monoisotopic (exact) mass is 267 g/mol. The second-order valence-electron chi connectivity index (χ2n) is 3.67. The number of nitrogens with zero attached hydrogens (tertiary/aromatic N) is 1. The number of benzene rings is 1. The number of rotatable bonds is 5. The fourth-order valence-electron chi connectivity index (χ4n) is 1.44. The first kappa shape index (κ1) is 12.6. The molecule has 0 saturated heterocycles. The molecule has 1 aromatic heterocycles. The van der Waals surface area contributed by atoms with Gasteiger partial charge in [0, 0.05) is 19.0 Å². The summed E-state index contributed by atoms with van der Waals surface area (Å²) in [5, 5.41) is 6.07. The molecule has 1 heterocycles. The van der Waals surface area contributed by atoms with Crippen LogP contribution in [0.2, 0.25) is 0 Å². The number of aromatic nitrogens is 2. The molecule has 0 atom stereocenters. The Hall–Kier alpha value is -1.86. The topological polar surface area (TPSA) is 84.1 Å². The Labute approximate surface area is 105 Å². The smallest absolute Gasteiger partial charge is 0.265 e. The van der Waals surface area contributed by atoms with Crippen molar-refractivity contribution in [3.05, 3.63) is 42.2 Å². The normalized spacial score (nSPS) is 11.4. The maximum absolute atomic E-state index is 11.9. The van der Waals surface area contributed by atoms with Gasteiger partial charge in [-0.2, -0.15) is 5.10 Å². The summed E-state index contributed by atoms with van der Waals surface area (Å²) in [4.78, 5) is 0.100. The molecule has 0 unspecified atom stereocenters. The van der Waals surface area contributed by atoms with E-state index in [9.17, 15) is 8.42 Å². The summed E-state index contributed by atoms with van der Waals surface area (Å²) in [5.74, 6) is 0. The minimum absolute atomic E-state index is 0.100. The van der Waals surface area contributed by atoms with E-state index in [0.717, 1.165) is 5.56 Å². The molecule has 0 aliphatic rings. The molecule has 2 aromatic rings. The maximum Gasteiger partial charge on any atom is 0.265 e. The zero-order valence-electron chi connectivity index (χ0n) is 9.75. The van der Waals surface area contributed by atoms with Gasteiger partial charge in [0.25, 0.3) is 10.0 Å². The molecule has 2 rings (SSSR count). The molecule has 0 spiro atoms. The zero-order valence-corrected chi connectivity index (χ0v) is 10.6. The lowest BCUT2D eigenvalue weighted by Crippen LogP contribution is -2.12. The Balaban J connectivity index is 2.14. The van der Waals surface area contributed by atoms with Crippen LogP contribution in [0.4, 0.5) is 5.69 Å². The number of ether oxygens (including phenoxy) is 1. The molecule has 7 heteroatoms. The summed E-state index contributed by atoms with van der Waals surface area (Å²) in [6.45, 7) is 0.495. The summed E-state index contributed by atoms with van der Waals surface area (Å²) in [6.07, 6.45) is 2.57. The lowest BCUT2D eigenvalue weighted by molar-refractivity contribution is 0.185. The van der Waals surface area contributed by atoms with Gasteiger partial charge in [-0.05, 0) is 17.7 Å². The van der Waals surface area contributed by atoms with E-state index in [1.165, 1.54) is 12.4 Å². The molecule has 0 saturated carbocycles. The van der Waals surface area contributed by atoms with Crippen LogP contribution in [0.5, 0.6) is 0 Å². The van der Waals surface area contributed by atoms with Crippen LogP contribution in [0.3, 0.4) is 0 Å². The average Bonchev–Trinajstić information content (AvgIpc) is 2.86. The van der Waals surface area contributed by atoms with Crippen molar-refractivity contribution in [2.24, 2.45) is 0 Å². The van der Waals surface area contributed by atoms with Gasteiger partial charge in [0.1, 0.15) is 4.90 Å². The van der Waals surface area contributed by atoms with E-state index in [-0.39, 0.29) is 4.90 Å². The number of nitrogens with one attached hydrogen (secondary N) is 2. The van der Waals surface area contributed by atoms with Gasteiger partial charge in [0.2, 0.25) is 0 Å². The first-order valence-electron chi connectivity index (χ1n) is 5.21. The largest absolute Gasteiger partial charge is 0.380 e. The van der Waals surface area contributed by atoms with Crippen molar-refractivity contribution in [1.82, 2.24) is 10.2 Å². The van der Waals surface area contributed by atoms with E-state index in [1.54, 1.807) is 31.4 Å². The fraction of sp³-hybridized carbons (Fsp3) is 0.182. The molecular weight excluding hydrogens is 254 g/mol. The van der Waals surface area contributed by atoms with E-state index in [0.29, 0.717) is 12.3 Å². The molecule has 2 N–H and O–H groups in total. The highest BCUT2D eigenvalue weighted by atomic mass is 32.2. The van der Waals surface area contributed by atoms with Crippen molar-refractivity contribution < 1.29 is 13.2 Å². The summed E-state index contributed by atoms with van der Waals surface area (Å²) in [7, 11) is -1.96. The quantitative estimate of drug-likeness (QED) is 0.856. The predicted molar refractivity (Wildman–Crippen MR) is 66.6 cm³/mol. The first-order chi connectivity index (χ1) is 8.62. The van der Waals surface area contributed by atoms with Crippen LogP contribution >= 0.6 is 0 Å². The van der Waals surface area contributed by atoms with E-state index >= 15 is 0 Å². The highest BCUT2D eigenvalue weighted by molar-refractivity contribution is 7.92. The van der Waals surface area contributed by atoms with Gasteiger partial charge in [0.15, 0.2) is 0 Å². The van der Waals surface area contributed by atoms with E-state index < -0.39 is 10.0 Å². The molecule has 96 valence electrons. The number of hydrogen-bond acceptors (Lipinski definition) is 4. The fourth-order valence-corrected chi connectivity index (χ4v) is 2.40. The third-order valence-electron chi connectivity index (χ3n) is 2.30. The van der Waals surface area contributed by atoms with Crippen LogP contribution in [0.15, 0.2) is 41.6 Å².